The molecule has 1 rings (SSSR count). The first-order valence-electron chi connectivity index (χ1n) is 4.29. The van der Waals surface area contributed by atoms with Gasteiger partial charge in [0.05, 0.1) is 0 Å². The molecule has 3 N–H and O–H groups in total. The molecule has 1 atom stereocenters. The SMILES string of the molecule is CCc1ccc(C(O)C(=O)O)c(O)c1. The number of benzene rings is 1. The maximum Gasteiger partial charge on any atom is 0.337 e. The van der Waals surface area contributed by atoms with E-state index in [1.54, 1.807) is 6.07 Å². The molecule has 0 aliphatic heterocycles. The van der Waals surface area contributed by atoms with E-state index in [0.29, 0.717) is 0 Å². The van der Waals surface area contributed by atoms with Crippen molar-refractivity contribution < 1.29 is 20.1 Å². The normalized spacial score (nSPS) is 12.4. The minimum absolute atomic E-state index is 0.0229. The molecular formula is C10H12O4. The van der Waals surface area contributed by atoms with E-state index in [-0.39, 0.29) is 11.3 Å². The number of hydrogen-bond acceptors (Lipinski definition) is 3. The maximum atomic E-state index is 10.4. The molecule has 0 heterocycles. The minimum atomic E-state index is -1.67. The summed E-state index contributed by atoms with van der Waals surface area (Å²) in [6, 6.07) is 4.57. The summed E-state index contributed by atoms with van der Waals surface area (Å²) in [6.07, 6.45) is -0.919. The van der Waals surface area contributed by atoms with E-state index in [9.17, 15) is 15.0 Å². The van der Waals surface area contributed by atoms with Gasteiger partial charge in [-0.1, -0.05) is 19.1 Å². The first-order valence-corrected chi connectivity index (χ1v) is 4.29. The van der Waals surface area contributed by atoms with Gasteiger partial charge in [-0.05, 0) is 18.1 Å². The van der Waals surface area contributed by atoms with Gasteiger partial charge >= 0.3 is 5.97 Å². The van der Waals surface area contributed by atoms with E-state index >= 15 is 0 Å². The van der Waals surface area contributed by atoms with Crippen molar-refractivity contribution in [3.05, 3.63) is 29.3 Å². The molecule has 0 aliphatic carbocycles. The second-order valence-corrected chi connectivity index (χ2v) is 2.99. The number of aromatic hydroxyl groups is 1. The summed E-state index contributed by atoms with van der Waals surface area (Å²) < 4.78 is 0. The summed E-state index contributed by atoms with van der Waals surface area (Å²) in [5.74, 6) is -1.55. The zero-order valence-corrected chi connectivity index (χ0v) is 7.77. The van der Waals surface area contributed by atoms with Crippen LogP contribution in [-0.2, 0) is 11.2 Å². The lowest BCUT2D eigenvalue weighted by Gasteiger charge is -2.09. The Kier molecular flexibility index (Phi) is 3.09. The average molecular weight is 196 g/mol. The Balaban J connectivity index is 3.05. The number of rotatable bonds is 3. The van der Waals surface area contributed by atoms with Crippen LogP contribution in [0.1, 0.15) is 24.2 Å². The molecule has 1 aromatic carbocycles. The lowest BCUT2D eigenvalue weighted by atomic mass is 10.0. The van der Waals surface area contributed by atoms with E-state index in [4.69, 9.17) is 5.11 Å². The number of hydrogen-bond donors (Lipinski definition) is 3. The molecule has 0 radical (unpaired) electrons. The number of aliphatic carboxylic acids is 1. The van der Waals surface area contributed by atoms with Crippen LogP contribution in [-0.4, -0.2) is 21.3 Å². The van der Waals surface area contributed by atoms with Crippen molar-refractivity contribution >= 4 is 5.97 Å². The number of phenols is 1. The standard InChI is InChI=1S/C10H12O4/c1-2-6-3-4-7(8(11)5-6)9(12)10(13)14/h3-5,9,11-12H,2H2,1H3,(H,13,14). The van der Waals surface area contributed by atoms with Gasteiger partial charge in [-0.15, -0.1) is 0 Å². The van der Waals surface area contributed by atoms with Crippen LogP contribution >= 0.6 is 0 Å². The molecular weight excluding hydrogens is 184 g/mol. The number of phenolic OH excluding ortho intramolecular Hbond substituents is 1. The topological polar surface area (TPSA) is 77.8 Å². The van der Waals surface area contributed by atoms with Crippen molar-refractivity contribution in [1.82, 2.24) is 0 Å². The van der Waals surface area contributed by atoms with Gasteiger partial charge in [0.25, 0.3) is 0 Å². The van der Waals surface area contributed by atoms with Gasteiger partial charge in [-0.3, -0.25) is 0 Å². The lowest BCUT2D eigenvalue weighted by molar-refractivity contribution is -0.147. The van der Waals surface area contributed by atoms with Crippen molar-refractivity contribution in [3.8, 4) is 5.75 Å². The third kappa shape index (κ3) is 2.03. The van der Waals surface area contributed by atoms with Crippen LogP contribution in [0.4, 0.5) is 0 Å². The smallest absolute Gasteiger partial charge is 0.337 e. The Morgan fingerprint density at radius 1 is 1.50 bits per heavy atom. The van der Waals surface area contributed by atoms with Gasteiger partial charge in [0.15, 0.2) is 6.10 Å². The number of carboxylic acids is 1. The number of carboxylic acid groups (broad SMARTS) is 1. The van der Waals surface area contributed by atoms with E-state index < -0.39 is 12.1 Å². The highest BCUT2D eigenvalue weighted by molar-refractivity contribution is 5.75. The highest BCUT2D eigenvalue weighted by Crippen LogP contribution is 2.25. The van der Waals surface area contributed by atoms with Crippen LogP contribution in [0.3, 0.4) is 0 Å². The highest BCUT2D eigenvalue weighted by atomic mass is 16.4. The fourth-order valence-electron chi connectivity index (χ4n) is 1.17. The Labute approximate surface area is 81.4 Å². The van der Waals surface area contributed by atoms with E-state index in [1.807, 2.05) is 6.92 Å². The molecule has 0 bridgehead atoms. The molecule has 1 unspecified atom stereocenters. The largest absolute Gasteiger partial charge is 0.508 e. The Hall–Kier alpha value is -1.55. The van der Waals surface area contributed by atoms with Gasteiger partial charge in [0.2, 0.25) is 0 Å². The molecule has 0 aliphatic rings. The first-order chi connectivity index (χ1) is 6.56. The fourth-order valence-corrected chi connectivity index (χ4v) is 1.17. The van der Waals surface area contributed by atoms with Crippen molar-refractivity contribution in [2.75, 3.05) is 0 Å². The zero-order valence-electron chi connectivity index (χ0n) is 7.77. The van der Waals surface area contributed by atoms with Crippen LogP contribution < -0.4 is 0 Å². The number of aliphatic hydroxyl groups excluding tert-OH is 1. The first kappa shape index (κ1) is 10.5. The third-order valence-corrected chi connectivity index (χ3v) is 2.03. The molecule has 0 fully saturated rings. The van der Waals surface area contributed by atoms with Crippen LogP contribution in [0.25, 0.3) is 0 Å². The second-order valence-electron chi connectivity index (χ2n) is 2.99. The third-order valence-electron chi connectivity index (χ3n) is 2.03. The van der Waals surface area contributed by atoms with E-state index in [1.165, 1.54) is 12.1 Å². The highest BCUT2D eigenvalue weighted by Gasteiger charge is 2.19. The molecule has 14 heavy (non-hydrogen) atoms. The Bertz CT molecular complexity index is 346. The van der Waals surface area contributed by atoms with Crippen molar-refractivity contribution in [2.24, 2.45) is 0 Å². The summed E-state index contributed by atoms with van der Waals surface area (Å²) in [6.45, 7) is 1.92. The lowest BCUT2D eigenvalue weighted by Crippen LogP contribution is -2.10. The number of aliphatic hydroxyl groups is 1. The molecule has 76 valence electrons. The van der Waals surface area contributed by atoms with Crippen LogP contribution in [0, 0.1) is 0 Å². The second kappa shape index (κ2) is 4.11. The Morgan fingerprint density at radius 3 is 2.57 bits per heavy atom. The monoisotopic (exact) mass is 196 g/mol. The average Bonchev–Trinajstić information content (AvgIpc) is 2.16. The quantitative estimate of drug-likeness (QED) is 0.675. The van der Waals surface area contributed by atoms with Crippen molar-refractivity contribution in [3.63, 3.8) is 0 Å². The minimum Gasteiger partial charge on any atom is -0.508 e. The Morgan fingerprint density at radius 2 is 2.14 bits per heavy atom. The number of carbonyl (C=O) groups is 1. The van der Waals surface area contributed by atoms with Gasteiger partial charge in [-0.25, -0.2) is 4.79 Å². The molecule has 0 spiro atoms. The summed E-state index contributed by atoms with van der Waals surface area (Å²) in [5.41, 5.74) is 0.915. The summed E-state index contributed by atoms with van der Waals surface area (Å²) in [4.78, 5) is 10.4. The summed E-state index contributed by atoms with van der Waals surface area (Å²) in [5, 5.41) is 27.1. The number of aryl methyl sites for hydroxylation is 1. The van der Waals surface area contributed by atoms with E-state index in [0.717, 1.165) is 12.0 Å². The van der Waals surface area contributed by atoms with Crippen LogP contribution in [0.15, 0.2) is 18.2 Å². The molecule has 4 nitrogen and oxygen atoms in total. The molecule has 0 amide bonds. The molecule has 0 saturated carbocycles. The van der Waals surface area contributed by atoms with Crippen LogP contribution in [0.2, 0.25) is 0 Å². The van der Waals surface area contributed by atoms with E-state index in [2.05, 4.69) is 0 Å². The zero-order chi connectivity index (χ0) is 10.7. The summed E-state index contributed by atoms with van der Waals surface area (Å²) >= 11 is 0. The maximum absolute atomic E-state index is 10.4. The molecule has 0 aromatic heterocycles. The van der Waals surface area contributed by atoms with Gasteiger partial charge < -0.3 is 15.3 Å². The van der Waals surface area contributed by atoms with Crippen LogP contribution in [0.5, 0.6) is 5.75 Å². The summed E-state index contributed by atoms with van der Waals surface area (Å²) in [7, 11) is 0. The van der Waals surface area contributed by atoms with Crippen molar-refractivity contribution in [1.29, 1.82) is 0 Å². The molecule has 0 saturated heterocycles. The predicted molar refractivity (Wildman–Crippen MR) is 50.1 cm³/mol. The predicted octanol–water partition coefficient (Wildman–Crippen LogP) is 1.07. The fraction of sp³-hybridized carbons (Fsp3) is 0.300. The van der Waals surface area contributed by atoms with Gasteiger partial charge in [-0.2, -0.15) is 0 Å². The molecule has 1 aromatic rings. The molecule has 4 heteroatoms. The van der Waals surface area contributed by atoms with Gasteiger partial charge in [0, 0.05) is 5.56 Å². The van der Waals surface area contributed by atoms with Gasteiger partial charge in [0.1, 0.15) is 5.75 Å². The van der Waals surface area contributed by atoms with Crippen molar-refractivity contribution in [2.45, 2.75) is 19.4 Å².